The fraction of sp³-hybridized carbons (Fsp3) is 0.438. The van der Waals surface area contributed by atoms with Crippen LogP contribution < -0.4 is 4.90 Å². The highest BCUT2D eigenvalue weighted by Crippen LogP contribution is 2.31. The van der Waals surface area contributed by atoms with Gasteiger partial charge in [0.15, 0.2) is 0 Å². The average Bonchev–Trinajstić information content (AvgIpc) is 2.98. The summed E-state index contributed by atoms with van der Waals surface area (Å²) in [5.41, 5.74) is 2.34. The third-order valence-corrected chi connectivity index (χ3v) is 4.27. The van der Waals surface area contributed by atoms with E-state index in [9.17, 15) is 9.59 Å². The number of nitrogens with zero attached hydrogens (tertiary/aromatic N) is 2. The van der Waals surface area contributed by atoms with Crippen molar-refractivity contribution in [1.29, 1.82) is 0 Å². The average molecular weight is 302 g/mol. The minimum absolute atomic E-state index is 0.0301. The molecule has 3 rings (SSSR count). The second-order valence-electron chi connectivity index (χ2n) is 5.58. The van der Waals surface area contributed by atoms with Crippen LogP contribution in [-0.4, -0.2) is 42.9 Å². The number of Topliss-reactive ketones (excluding diaryl/α,β-unsaturated/α-hetero) is 1. The highest BCUT2D eigenvalue weighted by Gasteiger charge is 2.31. The van der Waals surface area contributed by atoms with E-state index >= 15 is 0 Å². The van der Waals surface area contributed by atoms with Crippen LogP contribution in [0.2, 0.25) is 0 Å². The molecule has 1 N–H and O–H groups in total. The zero-order valence-electron chi connectivity index (χ0n) is 12.2. The number of fused-ring (bicyclic) bond motifs is 1. The topological polar surface area (TPSA) is 79.2 Å². The maximum atomic E-state index is 12.6. The number of rotatable bonds is 3. The van der Waals surface area contributed by atoms with Gasteiger partial charge in [0, 0.05) is 36.9 Å². The van der Waals surface area contributed by atoms with Gasteiger partial charge in [-0.15, -0.1) is 0 Å². The summed E-state index contributed by atoms with van der Waals surface area (Å²) in [6, 6.07) is 5.24. The summed E-state index contributed by atoms with van der Waals surface area (Å²) in [7, 11) is 0. The molecular formula is C16H18N2O4. The quantitative estimate of drug-likeness (QED) is 0.398. The van der Waals surface area contributed by atoms with Crippen molar-refractivity contribution in [3.63, 3.8) is 0 Å². The smallest absolute Gasteiger partial charge is 0.230 e. The van der Waals surface area contributed by atoms with Gasteiger partial charge in [-0.1, -0.05) is 5.16 Å². The molecule has 0 atom stereocenters. The molecule has 6 nitrogen and oxygen atoms in total. The van der Waals surface area contributed by atoms with Gasteiger partial charge < -0.3 is 14.8 Å². The molecule has 0 aromatic heterocycles. The van der Waals surface area contributed by atoms with E-state index in [1.54, 1.807) is 18.2 Å². The summed E-state index contributed by atoms with van der Waals surface area (Å²) in [4.78, 5) is 26.2. The largest absolute Gasteiger partial charge is 0.411 e. The van der Waals surface area contributed by atoms with E-state index < -0.39 is 0 Å². The molecule has 0 radical (unpaired) electrons. The zero-order chi connectivity index (χ0) is 15.5. The lowest BCUT2D eigenvalue weighted by Gasteiger charge is -2.26. The van der Waals surface area contributed by atoms with E-state index in [4.69, 9.17) is 9.94 Å². The minimum Gasteiger partial charge on any atom is -0.411 e. The Hall–Kier alpha value is -2.21. The van der Waals surface area contributed by atoms with E-state index in [-0.39, 0.29) is 17.6 Å². The van der Waals surface area contributed by atoms with Crippen LogP contribution in [0.4, 0.5) is 5.69 Å². The monoisotopic (exact) mass is 302 g/mol. The number of benzene rings is 1. The maximum Gasteiger partial charge on any atom is 0.230 e. The number of hydrogen-bond acceptors (Lipinski definition) is 5. The summed E-state index contributed by atoms with van der Waals surface area (Å²) in [5.74, 6) is -0.167. The van der Waals surface area contributed by atoms with Crippen molar-refractivity contribution in [3.05, 3.63) is 29.3 Å². The van der Waals surface area contributed by atoms with Crippen LogP contribution in [0.25, 0.3) is 0 Å². The van der Waals surface area contributed by atoms with Gasteiger partial charge in [0.2, 0.25) is 11.7 Å². The van der Waals surface area contributed by atoms with Gasteiger partial charge >= 0.3 is 0 Å². The molecule has 0 saturated carbocycles. The molecule has 0 spiro atoms. The molecule has 0 aliphatic carbocycles. The molecule has 1 aromatic rings. The van der Waals surface area contributed by atoms with E-state index in [1.807, 2.05) is 4.90 Å². The molecular weight excluding hydrogens is 284 g/mol. The number of oxime groups is 1. The molecule has 0 unspecified atom stereocenters. The number of ether oxygens (including phenoxy) is 1. The molecule has 22 heavy (non-hydrogen) atoms. The molecule has 0 bridgehead atoms. The van der Waals surface area contributed by atoms with Crippen LogP contribution in [-0.2, 0) is 16.0 Å². The van der Waals surface area contributed by atoms with Crippen molar-refractivity contribution >= 4 is 23.6 Å². The zero-order valence-corrected chi connectivity index (χ0v) is 12.2. The van der Waals surface area contributed by atoms with Gasteiger partial charge in [-0.05, 0) is 43.0 Å². The number of amides is 1. The summed E-state index contributed by atoms with van der Waals surface area (Å²) in [6.45, 7) is 1.94. The van der Waals surface area contributed by atoms with Gasteiger partial charge in [0.1, 0.15) is 6.21 Å². The Balaban J connectivity index is 1.80. The summed E-state index contributed by atoms with van der Waals surface area (Å²) >= 11 is 0. The normalized spacial score (nSPS) is 18.6. The molecule has 2 aliphatic rings. The second kappa shape index (κ2) is 6.27. The summed E-state index contributed by atoms with van der Waals surface area (Å²) in [6.07, 6.45) is 3.16. The molecule has 6 heteroatoms. The van der Waals surface area contributed by atoms with Gasteiger partial charge in [-0.2, -0.15) is 0 Å². The number of carbonyl (C=O) groups excluding carboxylic acids is 2. The van der Waals surface area contributed by atoms with Crippen LogP contribution in [0.5, 0.6) is 0 Å². The number of carbonyl (C=O) groups is 2. The SMILES string of the molecule is O=C(C=NO)c1ccc2c(c1)CCN2C(=O)C1CCOCC1. The predicted octanol–water partition coefficient (Wildman–Crippen LogP) is 1.65. The van der Waals surface area contributed by atoms with Crippen molar-refractivity contribution in [2.45, 2.75) is 19.3 Å². The molecule has 1 saturated heterocycles. The van der Waals surface area contributed by atoms with Crippen LogP contribution in [0.15, 0.2) is 23.4 Å². The van der Waals surface area contributed by atoms with Gasteiger partial charge in [-0.3, -0.25) is 9.59 Å². The standard InChI is InChI=1S/C16H18N2O4/c19-15(10-17-21)13-1-2-14-12(9-13)3-6-18(14)16(20)11-4-7-22-8-5-11/h1-2,9-11,21H,3-8H2. The van der Waals surface area contributed by atoms with Crippen molar-refractivity contribution in [2.24, 2.45) is 11.1 Å². The summed E-state index contributed by atoms with van der Waals surface area (Å²) in [5, 5.41) is 11.2. The van der Waals surface area contributed by atoms with Gasteiger partial charge in [0.25, 0.3) is 0 Å². The first-order valence-corrected chi connectivity index (χ1v) is 7.44. The number of hydrogen-bond donors (Lipinski definition) is 1. The highest BCUT2D eigenvalue weighted by atomic mass is 16.5. The first kappa shape index (κ1) is 14.7. The molecule has 2 aliphatic heterocycles. The Morgan fingerprint density at radius 2 is 2.09 bits per heavy atom. The van der Waals surface area contributed by atoms with Crippen LogP contribution in [0.1, 0.15) is 28.8 Å². The molecule has 2 heterocycles. The third-order valence-electron chi connectivity index (χ3n) is 4.27. The van der Waals surface area contributed by atoms with Crippen molar-refractivity contribution in [3.8, 4) is 0 Å². The van der Waals surface area contributed by atoms with Crippen LogP contribution >= 0.6 is 0 Å². The van der Waals surface area contributed by atoms with E-state index in [2.05, 4.69) is 5.16 Å². The Morgan fingerprint density at radius 3 is 2.82 bits per heavy atom. The molecule has 1 fully saturated rings. The maximum absolute atomic E-state index is 12.6. The predicted molar refractivity (Wildman–Crippen MR) is 80.7 cm³/mol. The first-order chi connectivity index (χ1) is 10.7. The van der Waals surface area contributed by atoms with Gasteiger partial charge in [-0.25, -0.2) is 0 Å². The Kier molecular flexibility index (Phi) is 4.20. The highest BCUT2D eigenvalue weighted by molar-refractivity contribution is 6.35. The van der Waals surface area contributed by atoms with Crippen molar-refractivity contribution < 1.29 is 19.5 Å². The lowest BCUT2D eigenvalue weighted by atomic mass is 9.98. The second-order valence-corrected chi connectivity index (χ2v) is 5.58. The number of anilines is 1. The Labute approximate surface area is 128 Å². The molecule has 1 amide bonds. The number of ketones is 1. The summed E-state index contributed by atoms with van der Waals surface area (Å²) < 4.78 is 5.31. The van der Waals surface area contributed by atoms with Crippen LogP contribution in [0.3, 0.4) is 0 Å². The van der Waals surface area contributed by atoms with E-state index in [0.717, 1.165) is 36.7 Å². The fourth-order valence-electron chi connectivity index (χ4n) is 3.08. The Bertz CT molecular complexity index is 621. The Morgan fingerprint density at radius 1 is 1.32 bits per heavy atom. The lowest BCUT2D eigenvalue weighted by Crippen LogP contribution is -2.37. The third kappa shape index (κ3) is 2.74. The van der Waals surface area contributed by atoms with Gasteiger partial charge in [0.05, 0.1) is 0 Å². The fourth-order valence-corrected chi connectivity index (χ4v) is 3.08. The van der Waals surface area contributed by atoms with Crippen molar-refractivity contribution in [1.82, 2.24) is 0 Å². The minimum atomic E-state index is -0.348. The van der Waals surface area contributed by atoms with E-state index in [1.165, 1.54) is 0 Å². The lowest BCUT2D eigenvalue weighted by molar-refractivity contribution is -0.125. The van der Waals surface area contributed by atoms with Crippen molar-refractivity contribution in [2.75, 3.05) is 24.7 Å². The van der Waals surface area contributed by atoms with Crippen LogP contribution in [0, 0.1) is 5.92 Å². The molecule has 116 valence electrons. The first-order valence-electron chi connectivity index (χ1n) is 7.44. The van der Waals surface area contributed by atoms with E-state index in [0.29, 0.717) is 25.3 Å². The molecule has 1 aromatic carbocycles.